The molecule has 1 aliphatic heterocycles. The van der Waals surface area contributed by atoms with Crippen LogP contribution in [0.15, 0.2) is 47.4 Å². The smallest absolute Gasteiger partial charge is 0.254 e. The number of piperidine rings is 1. The Morgan fingerprint density at radius 1 is 1.12 bits per heavy atom. The monoisotopic (exact) mass is 322 g/mol. The minimum absolute atomic E-state index is 0.112. The van der Waals surface area contributed by atoms with Crippen LogP contribution < -0.4 is 5.56 Å². The second kappa shape index (κ2) is 5.93. The van der Waals surface area contributed by atoms with Crippen LogP contribution in [-0.4, -0.2) is 29.0 Å². The van der Waals surface area contributed by atoms with Gasteiger partial charge in [-0.2, -0.15) is 0 Å². The van der Waals surface area contributed by atoms with Crippen molar-refractivity contribution >= 4 is 5.91 Å². The van der Waals surface area contributed by atoms with Gasteiger partial charge in [0.25, 0.3) is 5.56 Å². The first-order valence-electron chi connectivity index (χ1n) is 8.63. The van der Waals surface area contributed by atoms with Crippen LogP contribution in [0.2, 0.25) is 0 Å². The summed E-state index contributed by atoms with van der Waals surface area (Å²) >= 11 is 0. The van der Waals surface area contributed by atoms with Gasteiger partial charge in [-0.05, 0) is 41.9 Å². The molecular formula is C20H22N2O2. The second-order valence-electron chi connectivity index (χ2n) is 7.05. The molecule has 2 atom stereocenters. The molecule has 4 heteroatoms. The van der Waals surface area contributed by atoms with Gasteiger partial charge in [0.1, 0.15) is 0 Å². The van der Waals surface area contributed by atoms with Crippen molar-refractivity contribution in [1.29, 1.82) is 0 Å². The van der Waals surface area contributed by atoms with E-state index in [1.165, 1.54) is 0 Å². The lowest BCUT2D eigenvalue weighted by Gasteiger charge is -2.40. The van der Waals surface area contributed by atoms with Gasteiger partial charge in [-0.25, -0.2) is 0 Å². The molecule has 1 aromatic heterocycles. The molecule has 1 aliphatic carbocycles. The Labute approximate surface area is 141 Å². The standard InChI is InChI=1S/C20H22N2O2/c1-21-13-15-7-8-17-16(18(15)11-19(21)23)9-10-22(20(17)24)12-14-5-3-2-4-6-14/h2-6,9-10,15,18H,7-8,11-13H2,1H3/t15-,18-/m1/s1. The van der Waals surface area contributed by atoms with Crippen LogP contribution in [0.4, 0.5) is 0 Å². The number of amides is 1. The molecule has 2 heterocycles. The molecule has 0 bridgehead atoms. The van der Waals surface area contributed by atoms with Crippen LogP contribution in [0.5, 0.6) is 0 Å². The maximum atomic E-state index is 12.9. The third-order valence-electron chi connectivity index (χ3n) is 5.56. The van der Waals surface area contributed by atoms with Gasteiger partial charge in [-0.1, -0.05) is 30.3 Å². The largest absolute Gasteiger partial charge is 0.345 e. The Bertz CT molecular complexity index is 825. The summed E-state index contributed by atoms with van der Waals surface area (Å²) in [5, 5.41) is 0. The number of fused-ring (bicyclic) bond motifs is 3. The van der Waals surface area contributed by atoms with Gasteiger partial charge >= 0.3 is 0 Å². The van der Waals surface area contributed by atoms with Crippen molar-refractivity contribution in [2.75, 3.05) is 13.6 Å². The summed E-state index contributed by atoms with van der Waals surface area (Å²) in [6, 6.07) is 12.1. The number of hydrogen-bond donors (Lipinski definition) is 0. The fraction of sp³-hybridized carbons (Fsp3) is 0.400. The van der Waals surface area contributed by atoms with Crippen LogP contribution in [0.1, 0.15) is 35.4 Å². The summed E-state index contributed by atoms with van der Waals surface area (Å²) in [7, 11) is 1.88. The number of aromatic nitrogens is 1. The van der Waals surface area contributed by atoms with Crippen molar-refractivity contribution in [1.82, 2.24) is 9.47 Å². The average Bonchev–Trinajstić information content (AvgIpc) is 2.59. The molecule has 0 saturated carbocycles. The molecule has 0 radical (unpaired) electrons. The molecule has 4 rings (SSSR count). The molecule has 2 aromatic rings. The lowest BCUT2D eigenvalue weighted by Crippen LogP contribution is -2.44. The van der Waals surface area contributed by atoms with Crippen LogP contribution in [0.3, 0.4) is 0 Å². The molecule has 24 heavy (non-hydrogen) atoms. The third kappa shape index (κ3) is 2.56. The highest BCUT2D eigenvalue weighted by Gasteiger charge is 2.37. The first kappa shape index (κ1) is 15.2. The predicted molar refractivity (Wildman–Crippen MR) is 93.1 cm³/mol. The number of carbonyl (C=O) groups is 1. The zero-order valence-electron chi connectivity index (χ0n) is 13.9. The van der Waals surface area contributed by atoms with Gasteiger partial charge in [0.05, 0.1) is 6.54 Å². The minimum Gasteiger partial charge on any atom is -0.345 e. The SMILES string of the molecule is CN1C[C@H]2CCc3c(ccn(Cc4ccccc4)c3=O)[C@@H]2CC1=O. The molecule has 2 aliphatic rings. The van der Waals surface area contributed by atoms with Crippen molar-refractivity contribution in [3.63, 3.8) is 0 Å². The number of nitrogens with zero attached hydrogens (tertiary/aromatic N) is 2. The van der Waals surface area contributed by atoms with Crippen molar-refractivity contribution in [3.8, 4) is 0 Å². The molecule has 1 amide bonds. The van der Waals surface area contributed by atoms with Gasteiger partial charge in [0.15, 0.2) is 0 Å². The Hall–Kier alpha value is -2.36. The van der Waals surface area contributed by atoms with E-state index in [1.807, 2.05) is 48.5 Å². The van der Waals surface area contributed by atoms with Crippen molar-refractivity contribution < 1.29 is 4.79 Å². The summed E-state index contributed by atoms with van der Waals surface area (Å²) in [4.78, 5) is 26.8. The Balaban J connectivity index is 1.68. The van der Waals surface area contributed by atoms with E-state index in [2.05, 4.69) is 6.07 Å². The summed E-state index contributed by atoms with van der Waals surface area (Å²) < 4.78 is 1.80. The highest BCUT2D eigenvalue weighted by Crippen LogP contribution is 2.40. The van der Waals surface area contributed by atoms with Crippen molar-refractivity contribution in [3.05, 3.63) is 69.6 Å². The van der Waals surface area contributed by atoms with E-state index >= 15 is 0 Å². The van der Waals surface area contributed by atoms with Crippen LogP contribution in [0.25, 0.3) is 0 Å². The minimum atomic E-state index is 0.112. The highest BCUT2D eigenvalue weighted by atomic mass is 16.2. The quantitative estimate of drug-likeness (QED) is 0.852. The molecule has 124 valence electrons. The summed E-state index contributed by atoms with van der Waals surface area (Å²) in [5.74, 6) is 0.902. The number of hydrogen-bond acceptors (Lipinski definition) is 2. The average molecular weight is 322 g/mol. The number of rotatable bonds is 2. The fourth-order valence-electron chi connectivity index (χ4n) is 4.22. The highest BCUT2D eigenvalue weighted by molar-refractivity contribution is 5.78. The van der Waals surface area contributed by atoms with Crippen molar-refractivity contribution in [2.45, 2.75) is 31.7 Å². The Morgan fingerprint density at radius 3 is 2.71 bits per heavy atom. The predicted octanol–water partition coefficient (Wildman–Crippen LogP) is 2.40. The summed E-state index contributed by atoms with van der Waals surface area (Å²) in [6.07, 6.45) is 4.27. The molecule has 1 saturated heterocycles. The van der Waals surface area contributed by atoms with E-state index in [4.69, 9.17) is 0 Å². The maximum absolute atomic E-state index is 12.9. The first-order chi connectivity index (χ1) is 11.6. The van der Waals surface area contributed by atoms with E-state index in [-0.39, 0.29) is 17.4 Å². The van der Waals surface area contributed by atoms with Gasteiger partial charge in [-0.15, -0.1) is 0 Å². The number of pyridine rings is 1. The topological polar surface area (TPSA) is 42.3 Å². The third-order valence-corrected chi connectivity index (χ3v) is 5.56. The first-order valence-corrected chi connectivity index (χ1v) is 8.63. The van der Waals surface area contributed by atoms with Crippen LogP contribution in [0, 0.1) is 5.92 Å². The molecule has 0 N–H and O–H groups in total. The Morgan fingerprint density at radius 2 is 1.92 bits per heavy atom. The van der Waals surface area contributed by atoms with E-state index in [0.717, 1.165) is 36.1 Å². The fourth-order valence-corrected chi connectivity index (χ4v) is 4.22. The van der Waals surface area contributed by atoms with Crippen LogP contribution >= 0.6 is 0 Å². The van der Waals surface area contributed by atoms with Gasteiger partial charge in [-0.3, -0.25) is 9.59 Å². The zero-order valence-corrected chi connectivity index (χ0v) is 13.9. The lowest BCUT2D eigenvalue weighted by atomic mass is 9.72. The van der Waals surface area contributed by atoms with E-state index in [1.54, 1.807) is 4.57 Å². The van der Waals surface area contributed by atoms with E-state index < -0.39 is 0 Å². The number of benzene rings is 1. The maximum Gasteiger partial charge on any atom is 0.254 e. The summed E-state index contributed by atoms with van der Waals surface area (Å²) in [5.41, 5.74) is 3.28. The lowest BCUT2D eigenvalue weighted by molar-refractivity contribution is -0.134. The summed E-state index contributed by atoms with van der Waals surface area (Å²) in [6.45, 7) is 1.42. The normalized spacial score (nSPS) is 22.9. The zero-order chi connectivity index (χ0) is 16.7. The van der Waals surface area contributed by atoms with E-state index in [9.17, 15) is 9.59 Å². The molecular weight excluding hydrogens is 300 g/mol. The number of carbonyl (C=O) groups excluding carboxylic acids is 1. The van der Waals surface area contributed by atoms with Crippen LogP contribution in [-0.2, 0) is 17.8 Å². The van der Waals surface area contributed by atoms with Crippen molar-refractivity contribution in [2.24, 2.45) is 5.92 Å². The van der Waals surface area contributed by atoms with E-state index in [0.29, 0.717) is 18.9 Å². The second-order valence-corrected chi connectivity index (χ2v) is 7.05. The molecule has 0 unspecified atom stereocenters. The molecule has 4 nitrogen and oxygen atoms in total. The van der Waals surface area contributed by atoms with Gasteiger partial charge in [0.2, 0.25) is 5.91 Å². The Kier molecular flexibility index (Phi) is 3.75. The number of likely N-dealkylation sites (tertiary alicyclic amines) is 1. The molecule has 1 aromatic carbocycles. The molecule has 0 spiro atoms. The van der Waals surface area contributed by atoms with Gasteiger partial charge in [0, 0.05) is 31.8 Å². The molecule has 1 fully saturated rings. The van der Waals surface area contributed by atoms with Gasteiger partial charge < -0.3 is 9.47 Å².